The van der Waals surface area contributed by atoms with E-state index in [2.05, 4.69) is 5.32 Å². The Morgan fingerprint density at radius 2 is 1.75 bits per heavy atom. The molecule has 20 heavy (non-hydrogen) atoms. The average Bonchev–Trinajstić information content (AvgIpc) is 2.82. The average molecular weight is 277 g/mol. The third kappa shape index (κ3) is 4.76. The van der Waals surface area contributed by atoms with Crippen molar-refractivity contribution < 1.29 is 14.3 Å². The number of amides is 1. The SMILES string of the molecule is CC(C)(C)OC(=O)Nc1ccc(OC2CCCC2)cc1. The van der Waals surface area contributed by atoms with Gasteiger partial charge in [0.1, 0.15) is 11.4 Å². The summed E-state index contributed by atoms with van der Waals surface area (Å²) in [4.78, 5) is 11.6. The van der Waals surface area contributed by atoms with E-state index < -0.39 is 11.7 Å². The minimum atomic E-state index is -0.490. The van der Waals surface area contributed by atoms with Crippen LogP contribution in [0, 0.1) is 0 Å². The smallest absolute Gasteiger partial charge is 0.412 e. The maximum absolute atomic E-state index is 11.6. The molecule has 0 aromatic heterocycles. The van der Waals surface area contributed by atoms with Gasteiger partial charge in [-0.1, -0.05) is 0 Å². The number of hydrogen-bond acceptors (Lipinski definition) is 3. The Labute approximate surface area is 120 Å². The summed E-state index contributed by atoms with van der Waals surface area (Å²) in [6.07, 6.45) is 4.68. The van der Waals surface area contributed by atoms with E-state index in [-0.39, 0.29) is 0 Å². The van der Waals surface area contributed by atoms with Gasteiger partial charge in [-0.05, 0) is 70.7 Å². The molecule has 110 valence electrons. The Morgan fingerprint density at radius 3 is 2.30 bits per heavy atom. The molecule has 0 spiro atoms. The summed E-state index contributed by atoms with van der Waals surface area (Å²) in [6.45, 7) is 5.52. The second-order valence-electron chi connectivity index (χ2n) is 6.18. The van der Waals surface area contributed by atoms with Crippen molar-refractivity contribution in [3.05, 3.63) is 24.3 Å². The molecule has 1 fully saturated rings. The van der Waals surface area contributed by atoms with Crippen molar-refractivity contribution in [2.45, 2.75) is 58.2 Å². The standard InChI is InChI=1S/C16H23NO3/c1-16(2,3)20-15(18)17-12-8-10-14(11-9-12)19-13-6-4-5-7-13/h8-11,13H,4-7H2,1-3H3,(H,17,18). The lowest BCUT2D eigenvalue weighted by Crippen LogP contribution is -2.27. The zero-order valence-corrected chi connectivity index (χ0v) is 12.4. The van der Waals surface area contributed by atoms with Crippen LogP contribution in [0.1, 0.15) is 46.5 Å². The van der Waals surface area contributed by atoms with Gasteiger partial charge in [-0.2, -0.15) is 0 Å². The van der Waals surface area contributed by atoms with Gasteiger partial charge in [-0.15, -0.1) is 0 Å². The van der Waals surface area contributed by atoms with Gasteiger partial charge in [-0.25, -0.2) is 4.79 Å². The van der Waals surface area contributed by atoms with Crippen LogP contribution < -0.4 is 10.1 Å². The Balaban J connectivity index is 1.86. The molecule has 4 nitrogen and oxygen atoms in total. The molecule has 1 amide bonds. The van der Waals surface area contributed by atoms with E-state index in [4.69, 9.17) is 9.47 Å². The monoisotopic (exact) mass is 277 g/mol. The second-order valence-corrected chi connectivity index (χ2v) is 6.18. The van der Waals surface area contributed by atoms with Crippen molar-refractivity contribution in [1.82, 2.24) is 0 Å². The van der Waals surface area contributed by atoms with E-state index in [1.165, 1.54) is 12.8 Å². The highest BCUT2D eigenvalue weighted by atomic mass is 16.6. The highest BCUT2D eigenvalue weighted by Crippen LogP contribution is 2.25. The van der Waals surface area contributed by atoms with Crippen molar-refractivity contribution in [2.24, 2.45) is 0 Å². The van der Waals surface area contributed by atoms with Gasteiger partial charge in [-0.3, -0.25) is 5.32 Å². The Hall–Kier alpha value is -1.71. The van der Waals surface area contributed by atoms with E-state index in [9.17, 15) is 4.79 Å². The molecule has 4 heteroatoms. The summed E-state index contributed by atoms with van der Waals surface area (Å²) in [6, 6.07) is 7.42. The molecule has 0 heterocycles. The van der Waals surface area contributed by atoms with E-state index in [0.29, 0.717) is 11.8 Å². The van der Waals surface area contributed by atoms with Gasteiger partial charge in [0.25, 0.3) is 0 Å². The van der Waals surface area contributed by atoms with Crippen molar-refractivity contribution >= 4 is 11.8 Å². The first kappa shape index (κ1) is 14.7. The summed E-state index contributed by atoms with van der Waals surface area (Å²) < 4.78 is 11.1. The first-order chi connectivity index (χ1) is 9.42. The highest BCUT2D eigenvalue weighted by molar-refractivity contribution is 5.84. The minimum Gasteiger partial charge on any atom is -0.490 e. The molecular weight excluding hydrogens is 254 g/mol. The van der Waals surface area contributed by atoms with E-state index in [1.807, 2.05) is 45.0 Å². The van der Waals surface area contributed by atoms with Gasteiger partial charge in [0.2, 0.25) is 0 Å². The second kappa shape index (κ2) is 6.16. The van der Waals surface area contributed by atoms with Crippen LogP contribution in [0.15, 0.2) is 24.3 Å². The zero-order valence-electron chi connectivity index (χ0n) is 12.4. The molecule has 1 saturated carbocycles. The molecule has 0 unspecified atom stereocenters. The molecule has 0 atom stereocenters. The topological polar surface area (TPSA) is 47.6 Å². The largest absolute Gasteiger partial charge is 0.490 e. The van der Waals surface area contributed by atoms with Crippen LogP contribution >= 0.6 is 0 Å². The fraction of sp³-hybridized carbons (Fsp3) is 0.562. The van der Waals surface area contributed by atoms with Crippen molar-refractivity contribution in [1.29, 1.82) is 0 Å². The van der Waals surface area contributed by atoms with Crippen LogP contribution in [-0.2, 0) is 4.74 Å². The molecule has 1 aromatic carbocycles. The fourth-order valence-corrected chi connectivity index (χ4v) is 2.24. The predicted molar refractivity (Wildman–Crippen MR) is 79.2 cm³/mol. The molecule has 2 rings (SSSR count). The molecule has 1 aromatic rings. The Kier molecular flexibility index (Phi) is 4.53. The van der Waals surface area contributed by atoms with Crippen molar-refractivity contribution in [2.75, 3.05) is 5.32 Å². The molecule has 0 aliphatic heterocycles. The number of carbonyl (C=O) groups excluding carboxylic acids is 1. The van der Waals surface area contributed by atoms with Gasteiger partial charge in [0, 0.05) is 5.69 Å². The van der Waals surface area contributed by atoms with Crippen LogP contribution in [0.5, 0.6) is 5.75 Å². The van der Waals surface area contributed by atoms with Crippen LogP contribution in [-0.4, -0.2) is 17.8 Å². The first-order valence-corrected chi connectivity index (χ1v) is 7.19. The molecule has 0 bridgehead atoms. The molecule has 0 radical (unpaired) electrons. The Morgan fingerprint density at radius 1 is 1.15 bits per heavy atom. The van der Waals surface area contributed by atoms with E-state index in [1.54, 1.807) is 0 Å². The minimum absolute atomic E-state index is 0.347. The van der Waals surface area contributed by atoms with E-state index in [0.717, 1.165) is 18.6 Å². The number of rotatable bonds is 3. The predicted octanol–water partition coefficient (Wildman–Crippen LogP) is 4.36. The zero-order chi connectivity index (χ0) is 14.6. The third-order valence-corrected chi connectivity index (χ3v) is 3.10. The number of hydrogen-bond donors (Lipinski definition) is 1. The van der Waals surface area contributed by atoms with Crippen LogP contribution in [0.25, 0.3) is 0 Å². The van der Waals surface area contributed by atoms with Gasteiger partial charge >= 0.3 is 6.09 Å². The Bertz CT molecular complexity index is 442. The van der Waals surface area contributed by atoms with Crippen LogP contribution in [0.4, 0.5) is 10.5 Å². The third-order valence-electron chi connectivity index (χ3n) is 3.10. The summed E-state index contributed by atoms with van der Waals surface area (Å²) in [5.41, 5.74) is 0.216. The van der Waals surface area contributed by atoms with E-state index >= 15 is 0 Å². The highest BCUT2D eigenvalue weighted by Gasteiger charge is 2.17. The molecule has 0 saturated heterocycles. The normalized spacial score (nSPS) is 15.9. The van der Waals surface area contributed by atoms with Crippen LogP contribution in [0.2, 0.25) is 0 Å². The van der Waals surface area contributed by atoms with Crippen molar-refractivity contribution in [3.63, 3.8) is 0 Å². The molecular formula is C16H23NO3. The lowest BCUT2D eigenvalue weighted by atomic mass is 10.2. The fourth-order valence-electron chi connectivity index (χ4n) is 2.24. The summed E-state index contributed by atoms with van der Waals surface area (Å²) in [5, 5.41) is 2.70. The van der Waals surface area contributed by atoms with Gasteiger partial charge in [0.05, 0.1) is 6.10 Å². The first-order valence-electron chi connectivity index (χ1n) is 7.19. The number of carbonyl (C=O) groups is 1. The molecule has 1 aliphatic carbocycles. The lowest BCUT2D eigenvalue weighted by molar-refractivity contribution is 0.0636. The maximum atomic E-state index is 11.6. The number of anilines is 1. The number of ether oxygens (including phenoxy) is 2. The quantitative estimate of drug-likeness (QED) is 0.893. The van der Waals surface area contributed by atoms with Crippen molar-refractivity contribution in [3.8, 4) is 5.75 Å². The number of benzene rings is 1. The molecule has 1 aliphatic rings. The maximum Gasteiger partial charge on any atom is 0.412 e. The summed E-state index contributed by atoms with van der Waals surface area (Å²) >= 11 is 0. The summed E-state index contributed by atoms with van der Waals surface area (Å²) in [7, 11) is 0. The molecule has 1 N–H and O–H groups in total. The summed E-state index contributed by atoms with van der Waals surface area (Å²) in [5.74, 6) is 0.853. The van der Waals surface area contributed by atoms with Gasteiger partial charge < -0.3 is 9.47 Å². The lowest BCUT2D eigenvalue weighted by Gasteiger charge is -2.19. The number of nitrogens with one attached hydrogen (secondary N) is 1. The van der Waals surface area contributed by atoms with Crippen LogP contribution in [0.3, 0.4) is 0 Å². The van der Waals surface area contributed by atoms with Gasteiger partial charge in [0.15, 0.2) is 0 Å².